The lowest BCUT2D eigenvalue weighted by Crippen LogP contribution is -2.30. The Labute approximate surface area is 75.8 Å². The van der Waals surface area contributed by atoms with Gasteiger partial charge in [-0.25, -0.2) is 4.98 Å². The second kappa shape index (κ2) is 2.71. The maximum atomic E-state index is 5.94. The molecule has 0 aliphatic heterocycles. The van der Waals surface area contributed by atoms with E-state index >= 15 is 0 Å². The highest BCUT2D eigenvalue weighted by Gasteiger charge is 2.26. The Morgan fingerprint density at radius 2 is 2.33 bits per heavy atom. The van der Waals surface area contributed by atoms with Gasteiger partial charge >= 0.3 is 0 Å². The number of aryl methyl sites for hydroxylation is 1. The molecule has 0 spiro atoms. The SMILES string of the molecule is CC1c2sc(N)nc2CC[C@@H]1N. The van der Waals surface area contributed by atoms with E-state index in [1.165, 1.54) is 10.6 Å². The van der Waals surface area contributed by atoms with Gasteiger partial charge in [0, 0.05) is 16.8 Å². The van der Waals surface area contributed by atoms with E-state index in [0.29, 0.717) is 11.0 Å². The zero-order chi connectivity index (χ0) is 8.72. The third-order valence-corrected chi connectivity index (χ3v) is 3.64. The van der Waals surface area contributed by atoms with Crippen molar-refractivity contribution in [2.75, 3.05) is 5.73 Å². The van der Waals surface area contributed by atoms with Gasteiger partial charge in [0.25, 0.3) is 0 Å². The molecule has 0 amide bonds. The fraction of sp³-hybridized carbons (Fsp3) is 0.625. The van der Waals surface area contributed by atoms with E-state index in [1.807, 2.05) is 0 Å². The molecule has 2 rings (SSSR count). The largest absolute Gasteiger partial charge is 0.375 e. The van der Waals surface area contributed by atoms with Crippen LogP contribution in [0, 0.1) is 0 Å². The normalized spacial score (nSPS) is 28.5. The molecule has 0 fully saturated rings. The molecule has 1 heterocycles. The Kier molecular flexibility index (Phi) is 1.81. The molecule has 1 aromatic heterocycles. The standard InChI is InChI=1S/C8H13N3S/c1-4-5(9)2-3-6-7(4)12-8(10)11-6/h4-5H,2-3,9H2,1H3,(H2,10,11)/t4?,5-/m0/s1. The van der Waals surface area contributed by atoms with Crippen molar-refractivity contribution in [3.05, 3.63) is 10.6 Å². The quantitative estimate of drug-likeness (QED) is 0.633. The number of rotatable bonds is 0. The minimum Gasteiger partial charge on any atom is -0.375 e. The molecule has 1 aliphatic carbocycles. The van der Waals surface area contributed by atoms with Gasteiger partial charge in [-0.2, -0.15) is 0 Å². The molecule has 4 heteroatoms. The molecule has 4 N–H and O–H groups in total. The van der Waals surface area contributed by atoms with Crippen molar-refractivity contribution in [1.82, 2.24) is 4.98 Å². The fourth-order valence-corrected chi connectivity index (χ4v) is 2.67. The van der Waals surface area contributed by atoms with Crippen LogP contribution in [-0.2, 0) is 6.42 Å². The predicted molar refractivity (Wildman–Crippen MR) is 51.2 cm³/mol. The highest BCUT2D eigenvalue weighted by molar-refractivity contribution is 7.15. The third-order valence-electron chi connectivity index (χ3n) is 2.51. The monoisotopic (exact) mass is 183 g/mol. The Morgan fingerprint density at radius 3 is 3.08 bits per heavy atom. The first kappa shape index (κ1) is 8.01. The van der Waals surface area contributed by atoms with Crippen LogP contribution in [0.4, 0.5) is 5.13 Å². The van der Waals surface area contributed by atoms with Gasteiger partial charge in [-0.15, -0.1) is 11.3 Å². The summed E-state index contributed by atoms with van der Waals surface area (Å²) >= 11 is 1.59. The van der Waals surface area contributed by atoms with Gasteiger partial charge in [0.15, 0.2) is 5.13 Å². The maximum absolute atomic E-state index is 5.94. The van der Waals surface area contributed by atoms with Crippen molar-refractivity contribution in [1.29, 1.82) is 0 Å². The van der Waals surface area contributed by atoms with Crippen LogP contribution in [0.5, 0.6) is 0 Å². The van der Waals surface area contributed by atoms with Gasteiger partial charge < -0.3 is 11.5 Å². The van der Waals surface area contributed by atoms with Crippen molar-refractivity contribution in [3.8, 4) is 0 Å². The Balaban J connectivity index is 2.41. The van der Waals surface area contributed by atoms with Gasteiger partial charge in [0.2, 0.25) is 0 Å². The third kappa shape index (κ3) is 1.11. The van der Waals surface area contributed by atoms with E-state index in [4.69, 9.17) is 11.5 Å². The number of nitrogens with two attached hydrogens (primary N) is 2. The number of nitrogen functional groups attached to an aromatic ring is 1. The highest BCUT2D eigenvalue weighted by atomic mass is 32.1. The van der Waals surface area contributed by atoms with E-state index in [-0.39, 0.29) is 6.04 Å². The molecule has 66 valence electrons. The second-order valence-electron chi connectivity index (χ2n) is 3.35. The van der Waals surface area contributed by atoms with Crippen LogP contribution in [0.3, 0.4) is 0 Å². The van der Waals surface area contributed by atoms with Crippen molar-refractivity contribution in [2.45, 2.75) is 31.7 Å². The van der Waals surface area contributed by atoms with E-state index in [2.05, 4.69) is 11.9 Å². The van der Waals surface area contributed by atoms with Gasteiger partial charge in [-0.1, -0.05) is 6.92 Å². The molecule has 3 nitrogen and oxygen atoms in total. The molecule has 1 aromatic rings. The summed E-state index contributed by atoms with van der Waals surface area (Å²) in [5.74, 6) is 0.434. The first-order valence-corrected chi connectivity index (χ1v) is 5.01. The summed E-state index contributed by atoms with van der Waals surface area (Å²) in [7, 11) is 0. The number of fused-ring (bicyclic) bond motifs is 1. The average molecular weight is 183 g/mol. The number of aromatic nitrogens is 1. The molecule has 1 unspecified atom stereocenters. The maximum Gasteiger partial charge on any atom is 0.180 e. The first-order valence-electron chi connectivity index (χ1n) is 4.19. The molecule has 0 bridgehead atoms. The predicted octanol–water partition coefficient (Wildman–Crippen LogP) is 1.10. The number of hydrogen-bond acceptors (Lipinski definition) is 4. The lowest BCUT2D eigenvalue weighted by Gasteiger charge is -2.23. The lowest BCUT2D eigenvalue weighted by molar-refractivity contribution is 0.500. The topological polar surface area (TPSA) is 64.9 Å². The Morgan fingerprint density at radius 1 is 1.58 bits per heavy atom. The molecule has 2 atom stereocenters. The summed E-state index contributed by atoms with van der Waals surface area (Å²) in [6.45, 7) is 2.15. The minimum absolute atomic E-state index is 0.289. The molecule has 0 saturated carbocycles. The van der Waals surface area contributed by atoms with Crippen LogP contribution in [0.1, 0.15) is 29.8 Å². The van der Waals surface area contributed by atoms with Crippen LogP contribution in [0.15, 0.2) is 0 Å². The molecule has 0 aromatic carbocycles. The summed E-state index contributed by atoms with van der Waals surface area (Å²) in [6.07, 6.45) is 2.03. The zero-order valence-corrected chi connectivity index (χ0v) is 7.90. The van der Waals surface area contributed by atoms with Gasteiger partial charge in [0.05, 0.1) is 5.69 Å². The van der Waals surface area contributed by atoms with Crippen molar-refractivity contribution in [3.63, 3.8) is 0 Å². The summed E-state index contributed by atoms with van der Waals surface area (Å²) in [5, 5.41) is 0.681. The van der Waals surface area contributed by atoms with Crippen LogP contribution >= 0.6 is 11.3 Å². The van der Waals surface area contributed by atoms with E-state index < -0.39 is 0 Å². The molecular weight excluding hydrogens is 170 g/mol. The number of anilines is 1. The van der Waals surface area contributed by atoms with E-state index in [9.17, 15) is 0 Å². The smallest absolute Gasteiger partial charge is 0.180 e. The summed E-state index contributed by atoms with van der Waals surface area (Å²) in [5.41, 5.74) is 12.7. The van der Waals surface area contributed by atoms with Crippen LogP contribution < -0.4 is 11.5 Å². The van der Waals surface area contributed by atoms with Crippen molar-refractivity contribution in [2.24, 2.45) is 5.73 Å². The molecule has 0 radical (unpaired) electrons. The van der Waals surface area contributed by atoms with Gasteiger partial charge in [-0.3, -0.25) is 0 Å². The van der Waals surface area contributed by atoms with Crippen molar-refractivity contribution < 1.29 is 0 Å². The fourth-order valence-electron chi connectivity index (χ4n) is 1.67. The van der Waals surface area contributed by atoms with Gasteiger partial charge in [-0.05, 0) is 12.8 Å². The second-order valence-corrected chi connectivity index (χ2v) is 4.42. The molecule has 12 heavy (non-hydrogen) atoms. The van der Waals surface area contributed by atoms with E-state index in [0.717, 1.165) is 12.8 Å². The average Bonchev–Trinajstić information content (AvgIpc) is 2.39. The first-order chi connectivity index (χ1) is 5.68. The summed E-state index contributed by atoms with van der Waals surface area (Å²) in [6, 6.07) is 0.289. The minimum atomic E-state index is 0.289. The molecular formula is C8H13N3S. The van der Waals surface area contributed by atoms with Crippen LogP contribution in [-0.4, -0.2) is 11.0 Å². The van der Waals surface area contributed by atoms with Crippen LogP contribution in [0.2, 0.25) is 0 Å². The molecule has 0 saturated heterocycles. The van der Waals surface area contributed by atoms with E-state index in [1.54, 1.807) is 11.3 Å². The Hall–Kier alpha value is -0.610. The zero-order valence-electron chi connectivity index (χ0n) is 7.08. The number of nitrogens with zero attached hydrogens (tertiary/aromatic N) is 1. The molecule has 1 aliphatic rings. The number of thiazole rings is 1. The number of hydrogen-bond donors (Lipinski definition) is 2. The Bertz CT molecular complexity index is 294. The summed E-state index contributed by atoms with van der Waals surface area (Å²) < 4.78 is 0. The van der Waals surface area contributed by atoms with Crippen molar-refractivity contribution >= 4 is 16.5 Å². The lowest BCUT2D eigenvalue weighted by atomic mass is 9.89. The summed E-state index contributed by atoms with van der Waals surface area (Å²) in [4.78, 5) is 5.57. The highest BCUT2D eigenvalue weighted by Crippen LogP contribution is 2.35. The van der Waals surface area contributed by atoms with Crippen LogP contribution in [0.25, 0.3) is 0 Å². The van der Waals surface area contributed by atoms with Gasteiger partial charge in [0.1, 0.15) is 0 Å².